The Bertz CT molecular complexity index is 578. The van der Waals surface area contributed by atoms with Crippen LogP contribution in [0.15, 0.2) is 6.20 Å². The summed E-state index contributed by atoms with van der Waals surface area (Å²) < 4.78 is 0. The number of β-amino-alcohol motifs (C(OH)–C–C–N with tert-alkyl or cyclic N) is 1. The van der Waals surface area contributed by atoms with Crippen LogP contribution in [0.25, 0.3) is 0 Å². The molecule has 0 aliphatic carbocycles. The first kappa shape index (κ1) is 16.1. The summed E-state index contributed by atoms with van der Waals surface area (Å²) in [7, 11) is 0. The number of piperidine rings is 1. The van der Waals surface area contributed by atoms with Gasteiger partial charge in [-0.3, -0.25) is 4.79 Å². The van der Waals surface area contributed by atoms with E-state index >= 15 is 0 Å². The molecular formula is C16H25N5O2. The van der Waals surface area contributed by atoms with Crippen LogP contribution < -0.4 is 5.73 Å². The number of carbonyl (C=O) groups excluding carboxylic acids is 1. The summed E-state index contributed by atoms with van der Waals surface area (Å²) in [6, 6.07) is 0. The Hall–Kier alpha value is -1.73. The van der Waals surface area contributed by atoms with Crippen LogP contribution >= 0.6 is 0 Å². The number of anilines is 1. The SMILES string of the molecule is Cc1nc(N)ncc1C(=O)N1CCC(O)(CN2CCCC2)CC1. The number of likely N-dealkylation sites (tertiary alicyclic amines) is 2. The topological polar surface area (TPSA) is 95.6 Å². The molecule has 7 nitrogen and oxygen atoms in total. The third kappa shape index (κ3) is 3.61. The average Bonchev–Trinajstić information content (AvgIpc) is 3.00. The zero-order valence-corrected chi connectivity index (χ0v) is 13.7. The van der Waals surface area contributed by atoms with Crippen molar-refractivity contribution in [2.75, 3.05) is 38.5 Å². The van der Waals surface area contributed by atoms with Crippen LogP contribution in [0, 0.1) is 6.92 Å². The fraction of sp³-hybridized carbons (Fsp3) is 0.688. The second kappa shape index (κ2) is 6.41. The van der Waals surface area contributed by atoms with Crippen molar-refractivity contribution in [2.24, 2.45) is 0 Å². The lowest BCUT2D eigenvalue weighted by atomic mass is 9.90. The lowest BCUT2D eigenvalue weighted by Crippen LogP contribution is -2.51. The molecule has 0 saturated carbocycles. The number of amides is 1. The van der Waals surface area contributed by atoms with Gasteiger partial charge in [0.2, 0.25) is 5.95 Å². The van der Waals surface area contributed by atoms with Gasteiger partial charge in [-0.1, -0.05) is 0 Å². The largest absolute Gasteiger partial charge is 0.388 e. The Morgan fingerprint density at radius 1 is 1.30 bits per heavy atom. The van der Waals surface area contributed by atoms with Gasteiger partial charge in [0.05, 0.1) is 16.9 Å². The molecule has 126 valence electrons. The van der Waals surface area contributed by atoms with E-state index in [0.717, 1.165) is 19.6 Å². The summed E-state index contributed by atoms with van der Waals surface area (Å²) in [6.45, 7) is 5.76. The van der Waals surface area contributed by atoms with Gasteiger partial charge < -0.3 is 20.6 Å². The normalized spacial score (nSPS) is 21.6. The van der Waals surface area contributed by atoms with Gasteiger partial charge in [-0.2, -0.15) is 0 Å². The molecule has 2 aliphatic rings. The number of hydrogen-bond acceptors (Lipinski definition) is 6. The van der Waals surface area contributed by atoms with E-state index in [1.54, 1.807) is 11.8 Å². The van der Waals surface area contributed by atoms with Gasteiger partial charge in [-0.15, -0.1) is 0 Å². The molecule has 2 fully saturated rings. The second-order valence-corrected chi connectivity index (χ2v) is 6.73. The van der Waals surface area contributed by atoms with Crippen molar-refractivity contribution >= 4 is 11.9 Å². The van der Waals surface area contributed by atoms with E-state index in [0.29, 0.717) is 37.2 Å². The Morgan fingerprint density at radius 3 is 2.57 bits per heavy atom. The van der Waals surface area contributed by atoms with Crippen LogP contribution in [0.3, 0.4) is 0 Å². The Kier molecular flexibility index (Phi) is 4.50. The van der Waals surface area contributed by atoms with E-state index in [9.17, 15) is 9.90 Å². The van der Waals surface area contributed by atoms with Crippen molar-refractivity contribution in [3.05, 3.63) is 17.5 Å². The third-order valence-electron chi connectivity index (χ3n) is 4.93. The molecule has 0 atom stereocenters. The highest BCUT2D eigenvalue weighted by molar-refractivity contribution is 5.95. The molecule has 0 unspecified atom stereocenters. The Labute approximate surface area is 136 Å². The number of aryl methyl sites for hydroxylation is 1. The van der Waals surface area contributed by atoms with Gasteiger partial charge in [0.25, 0.3) is 5.91 Å². The van der Waals surface area contributed by atoms with Crippen LogP contribution in [0.4, 0.5) is 5.95 Å². The van der Waals surface area contributed by atoms with E-state index in [1.165, 1.54) is 19.0 Å². The number of hydrogen-bond donors (Lipinski definition) is 2. The minimum Gasteiger partial charge on any atom is -0.388 e. The first-order valence-corrected chi connectivity index (χ1v) is 8.30. The molecule has 0 aromatic carbocycles. The maximum Gasteiger partial charge on any atom is 0.257 e. The minimum absolute atomic E-state index is 0.0780. The maximum absolute atomic E-state index is 12.6. The van der Waals surface area contributed by atoms with E-state index in [2.05, 4.69) is 14.9 Å². The predicted octanol–water partition coefficient (Wildman–Crippen LogP) is 0.430. The fourth-order valence-electron chi connectivity index (χ4n) is 3.51. The molecule has 1 aromatic heterocycles. The lowest BCUT2D eigenvalue weighted by molar-refractivity contribution is -0.0367. The molecular weight excluding hydrogens is 294 g/mol. The number of rotatable bonds is 3. The molecule has 7 heteroatoms. The second-order valence-electron chi connectivity index (χ2n) is 6.73. The van der Waals surface area contributed by atoms with Crippen LogP contribution in [0.2, 0.25) is 0 Å². The van der Waals surface area contributed by atoms with Gasteiger partial charge in [0.15, 0.2) is 0 Å². The van der Waals surface area contributed by atoms with Crippen molar-refractivity contribution in [3.8, 4) is 0 Å². The van der Waals surface area contributed by atoms with E-state index in [-0.39, 0.29) is 11.9 Å². The minimum atomic E-state index is -0.673. The molecule has 1 amide bonds. The van der Waals surface area contributed by atoms with Crippen molar-refractivity contribution < 1.29 is 9.90 Å². The van der Waals surface area contributed by atoms with Crippen molar-refractivity contribution in [1.29, 1.82) is 0 Å². The first-order valence-electron chi connectivity index (χ1n) is 8.30. The predicted molar refractivity (Wildman–Crippen MR) is 86.9 cm³/mol. The van der Waals surface area contributed by atoms with Gasteiger partial charge in [-0.25, -0.2) is 9.97 Å². The highest BCUT2D eigenvalue weighted by Gasteiger charge is 2.36. The quantitative estimate of drug-likeness (QED) is 0.839. The molecule has 0 radical (unpaired) electrons. The third-order valence-corrected chi connectivity index (χ3v) is 4.93. The number of nitrogen functional groups attached to an aromatic ring is 1. The molecule has 2 aliphatic heterocycles. The summed E-state index contributed by atoms with van der Waals surface area (Å²) >= 11 is 0. The summed E-state index contributed by atoms with van der Waals surface area (Å²) in [4.78, 5) is 24.7. The molecule has 23 heavy (non-hydrogen) atoms. The number of nitrogens with zero attached hydrogens (tertiary/aromatic N) is 4. The summed E-state index contributed by atoms with van der Waals surface area (Å²) in [6.07, 6.45) is 5.16. The molecule has 1 aromatic rings. The van der Waals surface area contributed by atoms with Gasteiger partial charge in [0.1, 0.15) is 0 Å². The Morgan fingerprint density at radius 2 is 1.96 bits per heavy atom. The average molecular weight is 319 g/mol. The number of nitrogens with two attached hydrogens (primary N) is 1. The van der Waals surface area contributed by atoms with E-state index in [1.807, 2.05) is 0 Å². The summed E-state index contributed by atoms with van der Waals surface area (Å²) in [5.74, 6) is 0.100. The van der Waals surface area contributed by atoms with Crippen LogP contribution in [-0.2, 0) is 0 Å². The van der Waals surface area contributed by atoms with E-state index < -0.39 is 5.60 Å². The van der Waals surface area contributed by atoms with Crippen LogP contribution in [-0.4, -0.2) is 69.1 Å². The molecule has 0 bridgehead atoms. The zero-order valence-electron chi connectivity index (χ0n) is 13.7. The van der Waals surface area contributed by atoms with Gasteiger partial charge in [-0.05, 0) is 45.7 Å². The summed E-state index contributed by atoms with van der Waals surface area (Å²) in [5, 5.41) is 10.8. The molecule has 3 heterocycles. The van der Waals surface area contributed by atoms with Crippen molar-refractivity contribution in [2.45, 2.75) is 38.2 Å². The number of carbonyl (C=O) groups is 1. The number of aliphatic hydroxyl groups is 1. The molecule has 3 rings (SSSR count). The van der Waals surface area contributed by atoms with E-state index in [4.69, 9.17) is 5.73 Å². The monoisotopic (exact) mass is 319 g/mol. The van der Waals surface area contributed by atoms with Gasteiger partial charge in [0, 0.05) is 25.8 Å². The lowest BCUT2D eigenvalue weighted by Gasteiger charge is -2.40. The molecule has 2 saturated heterocycles. The maximum atomic E-state index is 12.6. The smallest absolute Gasteiger partial charge is 0.257 e. The molecule has 3 N–H and O–H groups in total. The highest BCUT2D eigenvalue weighted by Crippen LogP contribution is 2.26. The standard InChI is InChI=1S/C16H25N5O2/c1-12-13(10-18-15(17)19-12)14(22)21-8-4-16(23,5-9-21)11-20-6-2-3-7-20/h10,23H,2-9,11H2,1H3,(H2,17,18,19). The first-order chi connectivity index (χ1) is 11.0. The molecule has 0 spiro atoms. The van der Waals surface area contributed by atoms with Crippen LogP contribution in [0.1, 0.15) is 41.7 Å². The van der Waals surface area contributed by atoms with Crippen molar-refractivity contribution in [1.82, 2.24) is 19.8 Å². The Balaban J connectivity index is 1.60. The summed E-state index contributed by atoms with van der Waals surface area (Å²) in [5.41, 5.74) is 5.95. The number of aromatic nitrogens is 2. The highest BCUT2D eigenvalue weighted by atomic mass is 16.3. The fourth-order valence-corrected chi connectivity index (χ4v) is 3.51. The van der Waals surface area contributed by atoms with Crippen LogP contribution in [0.5, 0.6) is 0 Å². The van der Waals surface area contributed by atoms with Gasteiger partial charge >= 0.3 is 0 Å². The van der Waals surface area contributed by atoms with Crippen molar-refractivity contribution in [3.63, 3.8) is 0 Å². The zero-order chi connectivity index (χ0) is 16.4.